The second kappa shape index (κ2) is 11.0. The first kappa shape index (κ1) is 22.8. The van der Waals surface area contributed by atoms with Crippen LogP contribution in [0.5, 0.6) is 5.75 Å². The van der Waals surface area contributed by atoms with E-state index in [1.165, 1.54) is 4.90 Å². The summed E-state index contributed by atoms with van der Waals surface area (Å²) in [5, 5.41) is 4.85. The number of carbonyl (C=O) groups excluding carboxylic acids is 2. The standard InChI is InChI=1S/C23H25N3O3S2/c1-4-26(13-21(27)25-19-6-5-7-20(12-19)29-3)22(28)18-10-8-17(9-11-18)15-31-23-24-16(2)14-30-23/h5-12,14H,4,13,15H2,1-3H3,(H,25,27). The van der Waals surface area contributed by atoms with Crippen LogP contribution < -0.4 is 10.1 Å². The summed E-state index contributed by atoms with van der Waals surface area (Å²) in [5.41, 5.74) is 3.34. The largest absolute Gasteiger partial charge is 0.497 e. The molecule has 0 spiro atoms. The third-order valence-corrected chi connectivity index (χ3v) is 6.73. The van der Waals surface area contributed by atoms with Crippen molar-refractivity contribution in [1.82, 2.24) is 9.88 Å². The Morgan fingerprint density at radius 2 is 1.97 bits per heavy atom. The Hall–Kier alpha value is -2.84. The minimum atomic E-state index is -0.254. The van der Waals surface area contributed by atoms with Gasteiger partial charge in [-0.1, -0.05) is 30.0 Å². The molecule has 2 aromatic carbocycles. The number of carbonyl (C=O) groups is 2. The Kier molecular flexibility index (Phi) is 8.08. The van der Waals surface area contributed by atoms with Crippen LogP contribution in [0.1, 0.15) is 28.5 Å². The fraction of sp³-hybridized carbons (Fsp3) is 0.261. The number of thiazole rings is 1. The second-order valence-electron chi connectivity index (χ2n) is 6.84. The van der Waals surface area contributed by atoms with Gasteiger partial charge in [0.05, 0.1) is 7.11 Å². The first-order valence-electron chi connectivity index (χ1n) is 9.85. The number of amides is 2. The summed E-state index contributed by atoms with van der Waals surface area (Å²) in [6.07, 6.45) is 0. The van der Waals surface area contributed by atoms with Gasteiger partial charge in [-0.25, -0.2) is 4.98 Å². The average Bonchev–Trinajstić information content (AvgIpc) is 3.21. The van der Waals surface area contributed by atoms with Crippen LogP contribution in [0.15, 0.2) is 58.3 Å². The third kappa shape index (κ3) is 6.57. The summed E-state index contributed by atoms with van der Waals surface area (Å²) in [5.74, 6) is 1.03. The van der Waals surface area contributed by atoms with Gasteiger partial charge in [0.1, 0.15) is 16.6 Å². The molecule has 6 nitrogen and oxygen atoms in total. The van der Waals surface area contributed by atoms with E-state index >= 15 is 0 Å². The molecule has 0 bridgehead atoms. The predicted octanol–water partition coefficient (Wildman–Crippen LogP) is 4.85. The van der Waals surface area contributed by atoms with Crippen LogP contribution >= 0.6 is 23.1 Å². The van der Waals surface area contributed by atoms with Gasteiger partial charge in [0.15, 0.2) is 0 Å². The Balaban J connectivity index is 1.56. The van der Waals surface area contributed by atoms with Crippen LogP contribution in [0.25, 0.3) is 0 Å². The number of aromatic nitrogens is 1. The van der Waals surface area contributed by atoms with Gasteiger partial charge < -0.3 is 15.0 Å². The summed E-state index contributed by atoms with van der Waals surface area (Å²) >= 11 is 3.32. The van der Waals surface area contributed by atoms with Gasteiger partial charge in [-0.3, -0.25) is 9.59 Å². The summed E-state index contributed by atoms with van der Waals surface area (Å²) < 4.78 is 6.21. The topological polar surface area (TPSA) is 71.5 Å². The molecule has 0 fully saturated rings. The van der Waals surface area contributed by atoms with Crippen LogP contribution in [0, 0.1) is 6.92 Å². The van der Waals surface area contributed by atoms with Crippen molar-refractivity contribution in [1.29, 1.82) is 0 Å². The van der Waals surface area contributed by atoms with E-state index < -0.39 is 0 Å². The molecule has 3 aromatic rings. The predicted molar refractivity (Wildman–Crippen MR) is 126 cm³/mol. The molecule has 0 aliphatic rings. The Bertz CT molecular complexity index is 1030. The second-order valence-corrected chi connectivity index (χ2v) is 8.92. The molecule has 1 N–H and O–H groups in total. The molecule has 8 heteroatoms. The van der Waals surface area contributed by atoms with Gasteiger partial charge in [0.2, 0.25) is 5.91 Å². The molecule has 3 rings (SSSR count). The zero-order chi connectivity index (χ0) is 22.2. The molecule has 2 amide bonds. The van der Waals surface area contributed by atoms with Gasteiger partial charge in [0, 0.05) is 40.7 Å². The molecular formula is C23H25N3O3S2. The number of hydrogen-bond acceptors (Lipinski definition) is 6. The molecule has 0 unspecified atom stereocenters. The lowest BCUT2D eigenvalue weighted by molar-refractivity contribution is -0.116. The summed E-state index contributed by atoms with van der Waals surface area (Å²) in [6, 6.07) is 14.6. The fourth-order valence-corrected chi connectivity index (χ4v) is 4.68. The Morgan fingerprint density at radius 1 is 1.19 bits per heavy atom. The van der Waals surface area contributed by atoms with Crippen molar-refractivity contribution < 1.29 is 14.3 Å². The number of nitrogens with zero attached hydrogens (tertiary/aromatic N) is 2. The van der Waals surface area contributed by atoms with Crippen LogP contribution in [0.4, 0.5) is 5.69 Å². The minimum absolute atomic E-state index is 0.0203. The van der Waals surface area contributed by atoms with Gasteiger partial charge >= 0.3 is 0 Å². The summed E-state index contributed by atoms with van der Waals surface area (Å²) in [6.45, 7) is 4.26. The van der Waals surface area contributed by atoms with E-state index in [0.29, 0.717) is 23.5 Å². The number of rotatable bonds is 9. The lowest BCUT2D eigenvalue weighted by atomic mass is 10.1. The number of benzene rings is 2. The molecule has 162 valence electrons. The van der Waals surface area contributed by atoms with Crippen molar-refractivity contribution in [2.24, 2.45) is 0 Å². The van der Waals surface area contributed by atoms with Crippen molar-refractivity contribution in [2.75, 3.05) is 25.5 Å². The van der Waals surface area contributed by atoms with Crippen molar-refractivity contribution in [3.05, 3.63) is 70.7 Å². The minimum Gasteiger partial charge on any atom is -0.497 e. The SMILES string of the molecule is CCN(CC(=O)Nc1cccc(OC)c1)C(=O)c1ccc(CSc2nc(C)cs2)cc1. The average molecular weight is 456 g/mol. The molecular weight excluding hydrogens is 430 g/mol. The van der Waals surface area contributed by atoms with Crippen molar-refractivity contribution in [3.63, 3.8) is 0 Å². The van der Waals surface area contributed by atoms with Crippen molar-refractivity contribution in [3.8, 4) is 5.75 Å². The number of likely N-dealkylation sites (N-methyl/N-ethyl adjacent to an activating group) is 1. The number of thioether (sulfide) groups is 1. The molecule has 0 aliphatic carbocycles. The molecule has 1 aromatic heterocycles. The van der Waals surface area contributed by atoms with Gasteiger partial charge in [-0.2, -0.15) is 0 Å². The Morgan fingerprint density at radius 3 is 2.61 bits per heavy atom. The molecule has 0 radical (unpaired) electrons. The highest BCUT2D eigenvalue weighted by molar-refractivity contribution is 8.00. The third-order valence-electron chi connectivity index (χ3n) is 4.52. The zero-order valence-corrected chi connectivity index (χ0v) is 19.4. The van der Waals surface area contributed by atoms with E-state index in [0.717, 1.165) is 21.3 Å². The maximum absolute atomic E-state index is 12.9. The zero-order valence-electron chi connectivity index (χ0n) is 17.8. The van der Waals surface area contributed by atoms with Crippen molar-refractivity contribution >= 4 is 40.6 Å². The monoisotopic (exact) mass is 455 g/mol. The molecule has 31 heavy (non-hydrogen) atoms. The number of methoxy groups -OCH3 is 1. The van der Waals surface area contributed by atoms with E-state index in [1.807, 2.05) is 43.5 Å². The number of hydrogen-bond donors (Lipinski definition) is 1. The van der Waals surface area contributed by atoms with E-state index in [-0.39, 0.29) is 18.4 Å². The highest BCUT2D eigenvalue weighted by atomic mass is 32.2. The molecule has 0 atom stereocenters. The van der Waals surface area contributed by atoms with Gasteiger partial charge in [0.25, 0.3) is 5.91 Å². The highest BCUT2D eigenvalue weighted by Crippen LogP contribution is 2.26. The lowest BCUT2D eigenvalue weighted by Crippen LogP contribution is -2.37. The number of ether oxygens (including phenoxy) is 1. The van der Waals surface area contributed by atoms with E-state index in [2.05, 4.69) is 10.3 Å². The van der Waals surface area contributed by atoms with Crippen LogP contribution in [0.2, 0.25) is 0 Å². The number of anilines is 1. The molecule has 0 aliphatic heterocycles. The summed E-state index contributed by atoms with van der Waals surface area (Å²) in [7, 11) is 1.57. The number of nitrogens with one attached hydrogen (secondary N) is 1. The first-order chi connectivity index (χ1) is 15.0. The smallest absolute Gasteiger partial charge is 0.254 e. The fourth-order valence-electron chi connectivity index (χ4n) is 2.87. The molecule has 1 heterocycles. The first-order valence-corrected chi connectivity index (χ1v) is 11.7. The quantitative estimate of drug-likeness (QED) is 0.467. The van der Waals surface area contributed by atoms with E-state index in [1.54, 1.807) is 54.5 Å². The van der Waals surface area contributed by atoms with E-state index in [9.17, 15) is 9.59 Å². The summed E-state index contributed by atoms with van der Waals surface area (Å²) in [4.78, 5) is 31.3. The maximum atomic E-state index is 12.9. The van der Waals surface area contributed by atoms with Crippen LogP contribution in [0.3, 0.4) is 0 Å². The molecule has 0 saturated heterocycles. The maximum Gasteiger partial charge on any atom is 0.254 e. The van der Waals surface area contributed by atoms with Gasteiger partial charge in [-0.05, 0) is 43.7 Å². The van der Waals surface area contributed by atoms with Crippen molar-refractivity contribution in [2.45, 2.75) is 23.9 Å². The van der Waals surface area contributed by atoms with Crippen LogP contribution in [-0.2, 0) is 10.5 Å². The van der Waals surface area contributed by atoms with E-state index in [4.69, 9.17) is 4.74 Å². The normalized spacial score (nSPS) is 10.5. The van der Waals surface area contributed by atoms with Gasteiger partial charge in [-0.15, -0.1) is 11.3 Å². The highest BCUT2D eigenvalue weighted by Gasteiger charge is 2.17. The van der Waals surface area contributed by atoms with Crippen LogP contribution in [-0.4, -0.2) is 41.9 Å². The Labute approximate surface area is 190 Å². The molecule has 0 saturated carbocycles. The number of aryl methyl sites for hydroxylation is 1. The lowest BCUT2D eigenvalue weighted by Gasteiger charge is -2.20.